The van der Waals surface area contributed by atoms with Gasteiger partial charge in [-0.1, -0.05) is 25.7 Å². The molecule has 0 spiro atoms. The van der Waals surface area contributed by atoms with Crippen LogP contribution in [0.3, 0.4) is 0 Å². The first-order valence-electron chi connectivity index (χ1n) is 7.33. The van der Waals surface area contributed by atoms with Gasteiger partial charge in [-0.15, -0.1) is 0 Å². The molecule has 1 aromatic heterocycles. The predicted octanol–water partition coefficient (Wildman–Crippen LogP) is 2.10. The minimum atomic E-state index is -0.211. The van der Waals surface area contributed by atoms with Gasteiger partial charge in [0, 0.05) is 19.5 Å². The van der Waals surface area contributed by atoms with Crippen LogP contribution in [0.2, 0.25) is 0 Å². The molecule has 1 aliphatic carbocycles. The third kappa shape index (κ3) is 4.72. The molecule has 0 atom stereocenters. The fraction of sp³-hybridized carbons (Fsp3) is 0.600. The molecule has 0 aromatic carbocycles. The van der Waals surface area contributed by atoms with Gasteiger partial charge in [0.1, 0.15) is 6.26 Å². The summed E-state index contributed by atoms with van der Waals surface area (Å²) in [4.78, 5) is 23.2. The van der Waals surface area contributed by atoms with Gasteiger partial charge in [0.05, 0.1) is 11.8 Å². The van der Waals surface area contributed by atoms with Crippen LogP contribution in [0.1, 0.15) is 48.9 Å². The van der Waals surface area contributed by atoms with Crippen molar-refractivity contribution in [2.24, 2.45) is 5.92 Å². The molecule has 5 heteroatoms. The number of nitrogens with one attached hydrogen (secondary N) is 2. The molecule has 0 saturated heterocycles. The van der Waals surface area contributed by atoms with E-state index in [1.165, 1.54) is 38.2 Å². The summed E-state index contributed by atoms with van der Waals surface area (Å²) in [7, 11) is 0. The average Bonchev–Trinajstić information content (AvgIpc) is 3.12. The molecule has 1 heterocycles. The Kier molecular flexibility index (Phi) is 5.65. The minimum absolute atomic E-state index is 0.00418. The van der Waals surface area contributed by atoms with Gasteiger partial charge in [0.15, 0.2) is 0 Å². The number of carbonyl (C=O) groups excluding carboxylic acids is 2. The topological polar surface area (TPSA) is 71.3 Å². The van der Waals surface area contributed by atoms with Crippen LogP contribution < -0.4 is 10.6 Å². The third-order valence-corrected chi connectivity index (χ3v) is 3.77. The van der Waals surface area contributed by atoms with Crippen LogP contribution in [0, 0.1) is 5.92 Å². The molecule has 1 aromatic rings. The van der Waals surface area contributed by atoms with Gasteiger partial charge in [-0.05, 0) is 18.4 Å². The lowest BCUT2D eigenvalue weighted by Gasteiger charge is -2.10. The normalized spacial score (nSPS) is 15.2. The van der Waals surface area contributed by atoms with Crippen LogP contribution in [0.25, 0.3) is 0 Å². The van der Waals surface area contributed by atoms with Crippen molar-refractivity contribution in [1.82, 2.24) is 10.6 Å². The quantitative estimate of drug-likeness (QED) is 0.802. The molecule has 20 heavy (non-hydrogen) atoms. The maximum atomic E-state index is 11.6. The fourth-order valence-corrected chi connectivity index (χ4v) is 2.59. The summed E-state index contributed by atoms with van der Waals surface area (Å²) >= 11 is 0. The standard InChI is InChI=1S/C15H22N2O3/c18-14(16-8-5-12-3-1-2-4-12)6-9-17-15(19)13-7-10-20-11-13/h7,10-12H,1-6,8-9H2,(H,16,18)(H,17,19). The number of carbonyl (C=O) groups is 2. The SMILES string of the molecule is O=C(CCNC(=O)c1ccoc1)NCCC1CCCC1. The van der Waals surface area contributed by atoms with E-state index in [0.717, 1.165) is 18.9 Å². The average molecular weight is 278 g/mol. The van der Waals surface area contributed by atoms with E-state index in [9.17, 15) is 9.59 Å². The van der Waals surface area contributed by atoms with Crippen LogP contribution >= 0.6 is 0 Å². The molecule has 0 radical (unpaired) electrons. The number of hydrogen-bond acceptors (Lipinski definition) is 3. The van der Waals surface area contributed by atoms with Crippen molar-refractivity contribution in [1.29, 1.82) is 0 Å². The molecule has 110 valence electrons. The highest BCUT2D eigenvalue weighted by molar-refractivity contribution is 5.93. The van der Waals surface area contributed by atoms with E-state index in [1.807, 2.05) is 0 Å². The summed E-state index contributed by atoms with van der Waals surface area (Å²) in [6, 6.07) is 1.59. The zero-order valence-corrected chi connectivity index (χ0v) is 11.7. The van der Waals surface area contributed by atoms with Crippen molar-refractivity contribution in [2.45, 2.75) is 38.5 Å². The van der Waals surface area contributed by atoms with E-state index in [2.05, 4.69) is 10.6 Å². The van der Waals surface area contributed by atoms with Crippen LogP contribution in [0.15, 0.2) is 23.0 Å². The molecule has 0 unspecified atom stereocenters. The van der Waals surface area contributed by atoms with Crippen LogP contribution in [0.4, 0.5) is 0 Å². The van der Waals surface area contributed by atoms with Crippen molar-refractivity contribution in [3.8, 4) is 0 Å². The first-order chi connectivity index (χ1) is 9.75. The number of amides is 2. The Balaban J connectivity index is 1.52. The van der Waals surface area contributed by atoms with E-state index in [4.69, 9.17) is 4.42 Å². The second-order valence-electron chi connectivity index (χ2n) is 5.31. The van der Waals surface area contributed by atoms with Gasteiger partial charge in [-0.25, -0.2) is 0 Å². The van der Waals surface area contributed by atoms with Crippen LogP contribution in [-0.4, -0.2) is 24.9 Å². The Bertz CT molecular complexity index is 422. The lowest BCUT2D eigenvalue weighted by Crippen LogP contribution is -2.31. The summed E-state index contributed by atoms with van der Waals surface area (Å²) in [5.41, 5.74) is 0.478. The van der Waals surface area contributed by atoms with Crippen molar-refractivity contribution in [3.05, 3.63) is 24.2 Å². The predicted molar refractivity (Wildman–Crippen MR) is 75.2 cm³/mol. The largest absolute Gasteiger partial charge is 0.472 e. The number of hydrogen-bond donors (Lipinski definition) is 2. The maximum Gasteiger partial charge on any atom is 0.254 e. The van der Waals surface area contributed by atoms with Crippen molar-refractivity contribution in [2.75, 3.05) is 13.1 Å². The summed E-state index contributed by atoms with van der Waals surface area (Å²) in [5, 5.41) is 5.60. The van der Waals surface area contributed by atoms with Crippen molar-refractivity contribution in [3.63, 3.8) is 0 Å². The Hall–Kier alpha value is -1.78. The lowest BCUT2D eigenvalue weighted by molar-refractivity contribution is -0.120. The molecular weight excluding hydrogens is 256 g/mol. The lowest BCUT2D eigenvalue weighted by atomic mass is 10.0. The van der Waals surface area contributed by atoms with Crippen LogP contribution in [0.5, 0.6) is 0 Å². The highest BCUT2D eigenvalue weighted by Crippen LogP contribution is 2.26. The second kappa shape index (κ2) is 7.72. The first-order valence-corrected chi connectivity index (χ1v) is 7.33. The van der Waals surface area contributed by atoms with E-state index in [0.29, 0.717) is 18.5 Å². The Labute approximate surface area is 119 Å². The van der Waals surface area contributed by atoms with Gasteiger partial charge in [0.25, 0.3) is 5.91 Å². The summed E-state index contributed by atoms with van der Waals surface area (Å²) < 4.78 is 4.82. The second-order valence-corrected chi connectivity index (χ2v) is 5.31. The molecule has 0 aliphatic heterocycles. The molecule has 0 bridgehead atoms. The zero-order valence-electron chi connectivity index (χ0n) is 11.7. The van der Waals surface area contributed by atoms with Crippen LogP contribution in [-0.2, 0) is 4.79 Å². The van der Waals surface area contributed by atoms with Gasteiger partial charge in [-0.2, -0.15) is 0 Å². The molecule has 1 aliphatic rings. The molecule has 2 amide bonds. The Morgan fingerprint density at radius 2 is 2.00 bits per heavy atom. The van der Waals surface area contributed by atoms with Crippen molar-refractivity contribution >= 4 is 11.8 Å². The van der Waals surface area contributed by atoms with E-state index < -0.39 is 0 Å². The first kappa shape index (κ1) is 14.6. The number of furan rings is 1. The van der Waals surface area contributed by atoms with Gasteiger partial charge >= 0.3 is 0 Å². The highest BCUT2D eigenvalue weighted by Gasteiger charge is 2.14. The zero-order chi connectivity index (χ0) is 14.2. The van der Waals surface area contributed by atoms with Crippen molar-refractivity contribution < 1.29 is 14.0 Å². The molecule has 5 nitrogen and oxygen atoms in total. The maximum absolute atomic E-state index is 11.6. The van der Waals surface area contributed by atoms with Gasteiger partial charge < -0.3 is 15.1 Å². The molecular formula is C15H22N2O3. The number of rotatable bonds is 7. The third-order valence-electron chi connectivity index (χ3n) is 3.77. The monoisotopic (exact) mass is 278 g/mol. The molecule has 1 saturated carbocycles. The molecule has 2 rings (SSSR count). The molecule has 1 fully saturated rings. The molecule has 2 N–H and O–H groups in total. The van der Waals surface area contributed by atoms with E-state index in [1.54, 1.807) is 6.07 Å². The van der Waals surface area contributed by atoms with E-state index in [-0.39, 0.29) is 11.8 Å². The van der Waals surface area contributed by atoms with E-state index >= 15 is 0 Å². The Morgan fingerprint density at radius 1 is 1.20 bits per heavy atom. The Morgan fingerprint density at radius 3 is 2.70 bits per heavy atom. The smallest absolute Gasteiger partial charge is 0.254 e. The summed E-state index contributed by atoms with van der Waals surface area (Å²) in [5.74, 6) is 0.573. The fourth-order valence-electron chi connectivity index (χ4n) is 2.59. The van der Waals surface area contributed by atoms with Gasteiger partial charge in [-0.3, -0.25) is 9.59 Å². The van der Waals surface area contributed by atoms with Gasteiger partial charge in [0.2, 0.25) is 5.91 Å². The highest BCUT2D eigenvalue weighted by atomic mass is 16.3. The summed E-state index contributed by atoms with van der Waals surface area (Å²) in [6.45, 7) is 1.10. The minimum Gasteiger partial charge on any atom is -0.472 e. The summed E-state index contributed by atoms with van der Waals surface area (Å²) in [6.07, 6.45) is 9.49.